The summed E-state index contributed by atoms with van der Waals surface area (Å²) in [5.74, 6) is -0.351. The summed E-state index contributed by atoms with van der Waals surface area (Å²) < 4.78 is 15.8. The van der Waals surface area contributed by atoms with E-state index in [2.05, 4.69) is 6.58 Å². The van der Waals surface area contributed by atoms with Crippen LogP contribution < -0.4 is 0 Å². The fourth-order valence-electron chi connectivity index (χ4n) is 0.958. The molecule has 0 atom stereocenters. The van der Waals surface area contributed by atoms with Gasteiger partial charge in [0, 0.05) is 24.8 Å². The van der Waals surface area contributed by atoms with Crippen LogP contribution >= 0.6 is 0 Å². The molecule has 5 heteroatoms. The first-order valence-corrected chi connectivity index (χ1v) is 6.93. The van der Waals surface area contributed by atoms with E-state index in [0.717, 1.165) is 0 Å². The molecule has 0 aliphatic rings. The molecule has 15 heavy (non-hydrogen) atoms. The average molecular weight is 232 g/mol. The van der Waals surface area contributed by atoms with E-state index in [-0.39, 0.29) is 5.97 Å². The van der Waals surface area contributed by atoms with Gasteiger partial charge in [0.25, 0.3) is 0 Å². The Kier molecular flexibility index (Phi) is 8.26. The third-order valence-electron chi connectivity index (χ3n) is 1.64. The molecule has 0 fully saturated rings. The van der Waals surface area contributed by atoms with Crippen molar-refractivity contribution in [1.82, 2.24) is 0 Å². The van der Waals surface area contributed by atoms with E-state index >= 15 is 0 Å². The maximum atomic E-state index is 11.1. The highest BCUT2D eigenvalue weighted by atomic mass is 28.3. The molecule has 0 aromatic carbocycles. The molecule has 0 N–H and O–H groups in total. The monoisotopic (exact) mass is 232 g/mol. The van der Waals surface area contributed by atoms with Gasteiger partial charge in [0.05, 0.1) is 6.61 Å². The number of ether oxygens (including phenoxy) is 1. The molecule has 0 rings (SSSR count). The van der Waals surface area contributed by atoms with E-state index in [1.54, 1.807) is 6.92 Å². The molecule has 0 aromatic heterocycles. The van der Waals surface area contributed by atoms with Crippen molar-refractivity contribution in [3.05, 3.63) is 12.2 Å². The van der Waals surface area contributed by atoms with Crippen LogP contribution in [-0.2, 0) is 18.4 Å². The minimum absolute atomic E-state index is 0.350. The summed E-state index contributed by atoms with van der Waals surface area (Å²) in [6, 6.07) is 0.681. The Morgan fingerprint density at radius 2 is 1.80 bits per heavy atom. The van der Waals surface area contributed by atoms with Gasteiger partial charge in [-0.2, -0.15) is 0 Å². The van der Waals surface area contributed by atoms with E-state index in [4.69, 9.17) is 13.6 Å². The Bertz CT molecular complexity index is 200. The predicted octanol–water partition coefficient (Wildman–Crippen LogP) is 1.40. The lowest BCUT2D eigenvalue weighted by Gasteiger charge is -2.14. The zero-order chi connectivity index (χ0) is 11.7. The molecule has 0 bridgehead atoms. The third kappa shape index (κ3) is 7.30. The van der Waals surface area contributed by atoms with Crippen LogP contribution in [-0.4, -0.2) is 35.1 Å². The fraction of sp³-hybridized carbons (Fsp3) is 0.700. The van der Waals surface area contributed by atoms with Gasteiger partial charge in [-0.1, -0.05) is 6.58 Å². The van der Waals surface area contributed by atoms with E-state index in [9.17, 15) is 4.79 Å². The average Bonchev–Trinajstić information content (AvgIpc) is 2.18. The Morgan fingerprint density at radius 1 is 1.27 bits per heavy atom. The van der Waals surface area contributed by atoms with Crippen molar-refractivity contribution in [3.63, 3.8) is 0 Å². The highest BCUT2D eigenvalue weighted by molar-refractivity contribution is 6.44. The second kappa shape index (κ2) is 8.64. The largest absolute Gasteiger partial charge is 0.462 e. The number of hydrogen-bond acceptors (Lipinski definition) is 4. The maximum absolute atomic E-state index is 11.1. The highest BCUT2D eigenvalue weighted by Crippen LogP contribution is 2.00. The molecule has 0 amide bonds. The lowest BCUT2D eigenvalue weighted by atomic mass is 10.4. The zero-order valence-electron chi connectivity index (χ0n) is 9.75. The van der Waals surface area contributed by atoms with Gasteiger partial charge in [-0.25, -0.2) is 4.79 Å². The van der Waals surface area contributed by atoms with E-state index in [1.807, 2.05) is 13.8 Å². The van der Waals surface area contributed by atoms with Crippen LogP contribution in [0.4, 0.5) is 0 Å². The molecule has 0 aliphatic heterocycles. The molecule has 0 saturated heterocycles. The van der Waals surface area contributed by atoms with Crippen LogP contribution in [0.1, 0.15) is 20.8 Å². The summed E-state index contributed by atoms with van der Waals surface area (Å²) in [5.41, 5.74) is 0.418. The predicted molar refractivity (Wildman–Crippen MR) is 61.0 cm³/mol. The maximum Gasteiger partial charge on any atom is 0.333 e. The fourth-order valence-corrected chi connectivity index (χ4v) is 2.44. The lowest BCUT2D eigenvalue weighted by molar-refractivity contribution is -0.138. The first-order chi connectivity index (χ1) is 7.11. The Labute approximate surface area is 93.1 Å². The van der Waals surface area contributed by atoms with Crippen molar-refractivity contribution in [2.24, 2.45) is 0 Å². The number of esters is 1. The van der Waals surface area contributed by atoms with Gasteiger partial charge in [0.1, 0.15) is 0 Å². The summed E-state index contributed by atoms with van der Waals surface area (Å²) >= 11 is 0. The van der Waals surface area contributed by atoms with Crippen LogP contribution in [0.5, 0.6) is 0 Å². The molecule has 0 heterocycles. The van der Waals surface area contributed by atoms with Crippen molar-refractivity contribution in [2.45, 2.75) is 26.8 Å². The quantitative estimate of drug-likeness (QED) is 0.360. The van der Waals surface area contributed by atoms with Crippen LogP contribution in [0.15, 0.2) is 12.2 Å². The SMILES string of the molecule is C=C(C)C(=O)OCC[SiH](OCC)OCC. The first kappa shape index (κ1) is 14.3. The standard InChI is InChI=1S/C10H20O4Si/c1-5-13-15(14-6-2)8-7-12-10(11)9(3)4/h15H,3,5-8H2,1-2,4H3. The summed E-state index contributed by atoms with van der Waals surface area (Å²) in [5, 5.41) is 0. The summed E-state index contributed by atoms with van der Waals surface area (Å²) in [7, 11) is -1.63. The van der Waals surface area contributed by atoms with Gasteiger partial charge in [-0.05, 0) is 20.8 Å². The molecule has 0 spiro atoms. The van der Waals surface area contributed by atoms with Crippen LogP contribution in [0.2, 0.25) is 6.04 Å². The number of carbonyl (C=O) groups excluding carboxylic acids is 1. The second-order valence-corrected chi connectivity index (χ2v) is 5.15. The first-order valence-electron chi connectivity index (χ1n) is 5.17. The smallest absolute Gasteiger partial charge is 0.333 e. The Morgan fingerprint density at radius 3 is 2.20 bits per heavy atom. The van der Waals surface area contributed by atoms with Crippen LogP contribution in [0.25, 0.3) is 0 Å². The highest BCUT2D eigenvalue weighted by Gasteiger charge is 2.13. The molecule has 0 saturated carbocycles. The van der Waals surface area contributed by atoms with Crippen molar-refractivity contribution >= 4 is 15.3 Å². The number of rotatable bonds is 8. The van der Waals surface area contributed by atoms with Gasteiger partial charge in [-0.15, -0.1) is 0 Å². The molecule has 4 nitrogen and oxygen atoms in total. The minimum atomic E-state index is -1.63. The van der Waals surface area contributed by atoms with Crippen molar-refractivity contribution < 1.29 is 18.4 Å². The topological polar surface area (TPSA) is 44.8 Å². The normalized spacial score (nSPS) is 10.4. The second-order valence-electron chi connectivity index (χ2n) is 3.05. The molecule has 0 aromatic rings. The summed E-state index contributed by atoms with van der Waals surface area (Å²) in [4.78, 5) is 11.1. The number of hydrogen-bond donors (Lipinski definition) is 0. The lowest BCUT2D eigenvalue weighted by Crippen LogP contribution is -2.25. The van der Waals surface area contributed by atoms with Gasteiger partial charge in [-0.3, -0.25) is 0 Å². The van der Waals surface area contributed by atoms with Gasteiger partial charge >= 0.3 is 15.3 Å². The molecular weight excluding hydrogens is 212 g/mol. The van der Waals surface area contributed by atoms with Gasteiger partial charge < -0.3 is 13.6 Å². The zero-order valence-corrected chi connectivity index (χ0v) is 10.9. The Balaban J connectivity index is 3.69. The third-order valence-corrected chi connectivity index (χ3v) is 3.76. The molecule has 88 valence electrons. The van der Waals surface area contributed by atoms with Crippen LogP contribution in [0.3, 0.4) is 0 Å². The van der Waals surface area contributed by atoms with Gasteiger partial charge in [0.2, 0.25) is 0 Å². The molecule has 0 aliphatic carbocycles. The number of carbonyl (C=O) groups is 1. The van der Waals surface area contributed by atoms with E-state index in [0.29, 0.717) is 31.4 Å². The minimum Gasteiger partial charge on any atom is -0.462 e. The molecule has 0 unspecified atom stereocenters. The van der Waals surface area contributed by atoms with Crippen LogP contribution in [0, 0.1) is 0 Å². The van der Waals surface area contributed by atoms with Crippen molar-refractivity contribution in [2.75, 3.05) is 19.8 Å². The summed E-state index contributed by atoms with van der Waals surface area (Å²) in [6.07, 6.45) is 0. The van der Waals surface area contributed by atoms with E-state index in [1.165, 1.54) is 0 Å². The van der Waals surface area contributed by atoms with Crippen molar-refractivity contribution in [3.8, 4) is 0 Å². The van der Waals surface area contributed by atoms with Gasteiger partial charge in [0.15, 0.2) is 0 Å². The molecular formula is C10H20O4Si. The molecule has 0 radical (unpaired) electrons. The van der Waals surface area contributed by atoms with E-state index < -0.39 is 9.28 Å². The Hall–Kier alpha value is -0.653. The summed E-state index contributed by atoms with van der Waals surface area (Å²) in [6.45, 7) is 10.6. The van der Waals surface area contributed by atoms with Crippen molar-refractivity contribution in [1.29, 1.82) is 0 Å².